The predicted molar refractivity (Wildman–Crippen MR) is 75.4 cm³/mol. The Kier molecular flexibility index (Phi) is 8.83. The van der Waals surface area contributed by atoms with Crippen molar-refractivity contribution < 1.29 is 18.3 Å². The predicted octanol–water partition coefficient (Wildman–Crippen LogP) is 1.98. The van der Waals surface area contributed by atoms with E-state index in [1.807, 2.05) is 30.3 Å². The molecule has 0 aliphatic heterocycles. The Labute approximate surface area is 123 Å². The van der Waals surface area contributed by atoms with Gasteiger partial charge in [-0.25, -0.2) is 8.78 Å². The van der Waals surface area contributed by atoms with Crippen LogP contribution in [0.4, 0.5) is 8.78 Å². The van der Waals surface area contributed by atoms with Crippen LogP contribution in [0.2, 0.25) is 0 Å². The summed E-state index contributed by atoms with van der Waals surface area (Å²) in [5.74, 6) is -2.75. The number of hydrogen-bond acceptors (Lipinski definition) is 3. The maximum Gasteiger partial charge on any atom is 0.277 e. The van der Waals surface area contributed by atoms with E-state index in [0.717, 1.165) is 5.75 Å². The second-order valence-corrected chi connectivity index (χ2v) is 4.10. The van der Waals surface area contributed by atoms with Crippen molar-refractivity contribution in [2.45, 2.75) is 18.8 Å². The normalized spacial score (nSPS) is 10.6. The molecule has 0 aliphatic carbocycles. The van der Waals surface area contributed by atoms with Crippen molar-refractivity contribution in [2.24, 2.45) is 5.73 Å². The van der Waals surface area contributed by atoms with E-state index >= 15 is 0 Å². The molecule has 1 aromatic rings. The number of nitrogens with one attached hydrogen (secondary N) is 1. The minimum atomic E-state index is -3.05. The van der Waals surface area contributed by atoms with Crippen molar-refractivity contribution in [3.05, 3.63) is 30.3 Å². The van der Waals surface area contributed by atoms with Crippen LogP contribution in [0.25, 0.3) is 0 Å². The number of halogens is 3. The van der Waals surface area contributed by atoms with Crippen LogP contribution in [0, 0.1) is 0 Å². The van der Waals surface area contributed by atoms with Crippen LogP contribution in [-0.2, 0) is 4.79 Å². The summed E-state index contributed by atoms with van der Waals surface area (Å²) >= 11 is 0. The zero-order valence-electron chi connectivity index (χ0n) is 11.0. The van der Waals surface area contributed by atoms with Crippen LogP contribution in [0.5, 0.6) is 5.75 Å². The number of amides is 1. The van der Waals surface area contributed by atoms with Crippen LogP contribution >= 0.6 is 12.4 Å². The van der Waals surface area contributed by atoms with Gasteiger partial charge in [0.2, 0.25) is 5.91 Å². The molecular formula is C13H19ClF2N2O2. The zero-order chi connectivity index (χ0) is 14.1. The third kappa shape index (κ3) is 7.91. The monoisotopic (exact) mass is 308 g/mol. The van der Waals surface area contributed by atoms with Crippen molar-refractivity contribution in [3.63, 3.8) is 0 Å². The third-order valence-corrected chi connectivity index (χ3v) is 2.40. The average Bonchev–Trinajstić information content (AvgIpc) is 2.43. The molecule has 0 heterocycles. The van der Waals surface area contributed by atoms with Gasteiger partial charge >= 0.3 is 0 Å². The van der Waals surface area contributed by atoms with Gasteiger partial charge in [0.05, 0.1) is 19.7 Å². The molecule has 0 spiro atoms. The van der Waals surface area contributed by atoms with Gasteiger partial charge in [0.1, 0.15) is 5.75 Å². The van der Waals surface area contributed by atoms with Gasteiger partial charge in [0, 0.05) is 6.42 Å². The van der Waals surface area contributed by atoms with Crippen molar-refractivity contribution in [3.8, 4) is 5.75 Å². The number of para-hydroxylation sites is 1. The van der Waals surface area contributed by atoms with E-state index < -0.39 is 24.9 Å². The number of nitrogens with two attached hydrogens (primary N) is 1. The fraction of sp³-hybridized carbons (Fsp3) is 0.462. The second-order valence-electron chi connectivity index (χ2n) is 4.10. The highest BCUT2D eigenvalue weighted by molar-refractivity contribution is 5.85. The lowest BCUT2D eigenvalue weighted by atomic mass is 10.3. The fourth-order valence-electron chi connectivity index (χ4n) is 1.33. The first-order valence-corrected chi connectivity index (χ1v) is 6.06. The van der Waals surface area contributed by atoms with E-state index in [2.05, 4.69) is 5.32 Å². The summed E-state index contributed by atoms with van der Waals surface area (Å²) in [6, 6.07) is 9.18. The zero-order valence-corrected chi connectivity index (χ0v) is 11.8. The summed E-state index contributed by atoms with van der Waals surface area (Å²) in [6.45, 7) is -1.13. The number of carbonyl (C=O) groups excluding carboxylic acids is 1. The first-order valence-electron chi connectivity index (χ1n) is 6.06. The maximum absolute atomic E-state index is 12.8. The number of carbonyl (C=O) groups is 1. The lowest BCUT2D eigenvalue weighted by Crippen LogP contribution is -2.41. The lowest BCUT2D eigenvalue weighted by molar-refractivity contribution is -0.123. The highest BCUT2D eigenvalue weighted by atomic mass is 35.5. The topological polar surface area (TPSA) is 64.3 Å². The van der Waals surface area contributed by atoms with Crippen LogP contribution in [0.1, 0.15) is 12.8 Å². The highest BCUT2D eigenvalue weighted by Gasteiger charge is 2.26. The van der Waals surface area contributed by atoms with Gasteiger partial charge in [-0.15, -0.1) is 12.4 Å². The minimum Gasteiger partial charge on any atom is -0.494 e. The largest absolute Gasteiger partial charge is 0.494 e. The lowest BCUT2D eigenvalue weighted by Gasteiger charge is -2.14. The molecule has 0 aromatic heterocycles. The molecule has 1 amide bonds. The fourth-order valence-corrected chi connectivity index (χ4v) is 1.33. The number of alkyl halides is 2. The molecule has 0 atom stereocenters. The Morgan fingerprint density at radius 2 is 1.95 bits per heavy atom. The molecular weight excluding hydrogens is 290 g/mol. The smallest absolute Gasteiger partial charge is 0.277 e. The Morgan fingerprint density at radius 3 is 2.55 bits per heavy atom. The summed E-state index contributed by atoms with van der Waals surface area (Å²) in [6.07, 6.45) is 0.614. The molecule has 1 aromatic carbocycles. The van der Waals surface area contributed by atoms with Crippen LogP contribution in [0.15, 0.2) is 30.3 Å². The maximum atomic E-state index is 12.8. The van der Waals surface area contributed by atoms with E-state index in [9.17, 15) is 13.6 Å². The van der Waals surface area contributed by atoms with E-state index in [-0.39, 0.29) is 18.8 Å². The van der Waals surface area contributed by atoms with E-state index in [1.54, 1.807) is 0 Å². The van der Waals surface area contributed by atoms with Gasteiger partial charge in [0.25, 0.3) is 5.92 Å². The van der Waals surface area contributed by atoms with Crippen molar-refractivity contribution >= 4 is 18.3 Å². The Bertz CT molecular complexity index is 391. The molecule has 0 saturated heterocycles. The SMILES string of the molecule is Cl.NCC(F)(F)CNC(=O)CCCOc1ccccc1. The molecule has 0 aliphatic rings. The van der Waals surface area contributed by atoms with Crippen LogP contribution in [0.3, 0.4) is 0 Å². The molecule has 114 valence electrons. The number of hydrogen-bond donors (Lipinski definition) is 2. The van der Waals surface area contributed by atoms with E-state index in [1.165, 1.54) is 0 Å². The first kappa shape index (κ1) is 18.6. The second kappa shape index (κ2) is 9.50. The van der Waals surface area contributed by atoms with Gasteiger partial charge in [0.15, 0.2) is 0 Å². The minimum absolute atomic E-state index is 0. The molecule has 0 radical (unpaired) electrons. The molecule has 3 N–H and O–H groups in total. The third-order valence-electron chi connectivity index (χ3n) is 2.40. The Hall–Kier alpha value is -1.40. The number of ether oxygens (including phenoxy) is 1. The van der Waals surface area contributed by atoms with Gasteiger partial charge < -0.3 is 15.8 Å². The van der Waals surface area contributed by atoms with Crippen molar-refractivity contribution in [1.29, 1.82) is 0 Å². The molecule has 0 unspecified atom stereocenters. The molecule has 0 bridgehead atoms. The molecule has 0 fully saturated rings. The summed E-state index contributed by atoms with van der Waals surface area (Å²) in [5, 5.41) is 2.15. The Morgan fingerprint density at radius 1 is 1.30 bits per heavy atom. The van der Waals surface area contributed by atoms with Crippen LogP contribution < -0.4 is 15.8 Å². The van der Waals surface area contributed by atoms with Gasteiger partial charge in [-0.1, -0.05) is 18.2 Å². The van der Waals surface area contributed by atoms with Crippen molar-refractivity contribution in [1.82, 2.24) is 5.32 Å². The summed E-state index contributed by atoms with van der Waals surface area (Å²) in [5.41, 5.74) is 4.86. The van der Waals surface area contributed by atoms with Gasteiger partial charge in [-0.05, 0) is 18.6 Å². The Balaban J connectivity index is 0.00000361. The summed E-state index contributed by atoms with van der Waals surface area (Å²) in [4.78, 5) is 11.3. The van der Waals surface area contributed by atoms with Gasteiger partial charge in [-0.2, -0.15) is 0 Å². The molecule has 0 saturated carbocycles. The average molecular weight is 309 g/mol. The van der Waals surface area contributed by atoms with Crippen molar-refractivity contribution in [2.75, 3.05) is 19.7 Å². The number of benzene rings is 1. The number of rotatable bonds is 8. The van der Waals surface area contributed by atoms with Crippen LogP contribution in [-0.4, -0.2) is 31.5 Å². The van der Waals surface area contributed by atoms with Gasteiger partial charge in [-0.3, -0.25) is 4.79 Å². The molecule has 7 heteroatoms. The molecule has 1 rings (SSSR count). The summed E-state index contributed by atoms with van der Waals surface area (Å²) in [7, 11) is 0. The summed E-state index contributed by atoms with van der Waals surface area (Å²) < 4.78 is 30.9. The van der Waals surface area contributed by atoms with E-state index in [4.69, 9.17) is 10.5 Å². The molecule has 4 nitrogen and oxygen atoms in total. The highest BCUT2D eigenvalue weighted by Crippen LogP contribution is 2.10. The quantitative estimate of drug-likeness (QED) is 0.722. The first-order chi connectivity index (χ1) is 9.03. The van der Waals surface area contributed by atoms with E-state index in [0.29, 0.717) is 13.0 Å². The standard InChI is InChI=1S/C13H18F2N2O2.ClH/c14-13(15,9-16)10-17-12(18)7-4-8-19-11-5-2-1-3-6-11;/h1-3,5-6H,4,7-10,16H2,(H,17,18);1H. The molecule has 20 heavy (non-hydrogen) atoms.